The highest BCUT2D eigenvalue weighted by molar-refractivity contribution is 7.89. The zero-order valence-corrected chi connectivity index (χ0v) is 14.8. The number of rotatable bonds is 7. The molecule has 1 heterocycles. The van der Waals surface area contributed by atoms with Gasteiger partial charge in [0.05, 0.1) is 4.90 Å². The second-order valence-corrected chi connectivity index (χ2v) is 7.69. The maximum Gasteiger partial charge on any atom is 0.244 e. The lowest BCUT2D eigenvalue weighted by Crippen LogP contribution is -2.37. The smallest absolute Gasteiger partial charge is 0.244 e. The van der Waals surface area contributed by atoms with Crippen LogP contribution in [0.3, 0.4) is 0 Å². The summed E-state index contributed by atoms with van der Waals surface area (Å²) in [4.78, 5) is 14.4. The van der Waals surface area contributed by atoms with E-state index in [1.165, 1.54) is 44.5 Å². The van der Waals surface area contributed by atoms with Gasteiger partial charge in [-0.25, -0.2) is 13.1 Å². The summed E-state index contributed by atoms with van der Waals surface area (Å²) in [5, 5.41) is 2.87. The van der Waals surface area contributed by atoms with E-state index >= 15 is 0 Å². The third-order valence-corrected chi connectivity index (χ3v) is 5.49. The van der Waals surface area contributed by atoms with Crippen molar-refractivity contribution in [2.45, 2.75) is 24.2 Å². The SMILES string of the molecule is CNS(=O)(=O)c1ccc(/C=C/C(=O)NCCN2CCCCC2)cc1. The van der Waals surface area contributed by atoms with E-state index < -0.39 is 10.0 Å². The topological polar surface area (TPSA) is 78.5 Å². The molecule has 1 aromatic rings. The molecule has 0 saturated carbocycles. The summed E-state index contributed by atoms with van der Waals surface area (Å²) in [6, 6.07) is 6.36. The quantitative estimate of drug-likeness (QED) is 0.724. The summed E-state index contributed by atoms with van der Waals surface area (Å²) in [6.07, 6.45) is 6.93. The monoisotopic (exact) mass is 351 g/mol. The van der Waals surface area contributed by atoms with Crippen LogP contribution in [-0.4, -0.2) is 52.5 Å². The van der Waals surface area contributed by atoms with Gasteiger partial charge in [-0.3, -0.25) is 4.79 Å². The minimum absolute atomic E-state index is 0.140. The number of nitrogens with zero attached hydrogens (tertiary/aromatic N) is 1. The minimum Gasteiger partial charge on any atom is -0.351 e. The fraction of sp³-hybridized carbons (Fsp3) is 0.471. The fourth-order valence-corrected chi connectivity index (χ4v) is 3.36. The second kappa shape index (κ2) is 8.96. The van der Waals surface area contributed by atoms with Gasteiger partial charge in [0.15, 0.2) is 0 Å². The van der Waals surface area contributed by atoms with Gasteiger partial charge >= 0.3 is 0 Å². The summed E-state index contributed by atoms with van der Waals surface area (Å²) in [6.45, 7) is 3.76. The van der Waals surface area contributed by atoms with E-state index in [0.717, 1.165) is 25.2 Å². The van der Waals surface area contributed by atoms with E-state index in [2.05, 4.69) is 14.9 Å². The number of likely N-dealkylation sites (tertiary alicyclic amines) is 1. The van der Waals surface area contributed by atoms with E-state index in [-0.39, 0.29) is 10.8 Å². The third kappa shape index (κ3) is 5.74. The Morgan fingerprint density at radius 1 is 1.17 bits per heavy atom. The number of amides is 1. The normalized spacial score (nSPS) is 16.4. The molecule has 1 amide bonds. The molecule has 0 radical (unpaired) electrons. The van der Waals surface area contributed by atoms with Crippen LogP contribution < -0.4 is 10.0 Å². The van der Waals surface area contributed by atoms with Gasteiger partial charge in [0.1, 0.15) is 0 Å². The summed E-state index contributed by atoms with van der Waals surface area (Å²) < 4.78 is 25.5. The van der Waals surface area contributed by atoms with Gasteiger partial charge in [0.25, 0.3) is 0 Å². The number of nitrogens with one attached hydrogen (secondary N) is 2. The van der Waals surface area contributed by atoms with Crippen molar-refractivity contribution in [2.24, 2.45) is 0 Å². The van der Waals surface area contributed by atoms with Crippen LogP contribution in [0.25, 0.3) is 6.08 Å². The predicted octanol–water partition coefficient (Wildman–Crippen LogP) is 1.21. The van der Waals surface area contributed by atoms with Gasteiger partial charge in [0, 0.05) is 19.2 Å². The third-order valence-electron chi connectivity index (χ3n) is 4.06. The molecule has 2 rings (SSSR count). The van der Waals surface area contributed by atoms with Crippen LogP contribution in [0.15, 0.2) is 35.2 Å². The first-order chi connectivity index (χ1) is 11.5. The molecule has 1 aliphatic heterocycles. The van der Waals surface area contributed by atoms with Gasteiger partial charge < -0.3 is 10.2 Å². The molecule has 0 spiro atoms. The van der Waals surface area contributed by atoms with Crippen molar-refractivity contribution in [2.75, 3.05) is 33.2 Å². The van der Waals surface area contributed by atoms with Crippen LogP contribution in [0, 0.1) is 0 Å². The Labute approximate surface area is 144 Å². The summed E-state index contributed by atoms with van der Waals surface area (Å²) >= 11 is 0. The molecule has 1 fully saturated rings. The molecular formula is C17H25N3O3S. The Kier molecular flexibility index (Phi) is 6.96. The number of carbonyl (C=O) groups excluding carboxylic acids is 1. The average Bonchev–Trinajstić information content (AvgIpc) is 2.61. The molecule has 1 aromatic carbocycles. The molecule has 1 aliphatic rings. The number of benzene rings is 1. The van der Waals surface area contributed by atoms with Crippen LogP contribution in [0.1, 0.15) is 24.8 Å². The van der Waals surface area contributed by atoms with Gasteiger partial charge in [0.2, 0.25) is 15.9 Å². The Balaban J connectivity index is 1.78. The predicted molar refractivity (Wildman–Crippen MR) is 95.0 cm³/mol. The standard InChI is InChI=1S/C17H25N3O3S/c1-18-24(22,23)16-8-5-15(6-9-16)7-10-17(21)19-11-14-20-12-3-2-4-13-20/h5-10,18H,2-4,11-14H2,1H3,(H,19,21)/b10-7+. The highest BCUT2D eigenvalue weighted by Gasteiger charge is 2.10. The molecule has 0 aliphatic carbocycles. The van der Waals surface area contributed by atoms with E-state index in [1.807, 2.05) is 0 Å². The van der Waals surface area contributed by atoms with Gasteiger partial charge in [-0.1, -0.05) is 18.6 Å². The summed E-state index contributed by atoms with van der Waals surface area (Å²) in [5.41, 5.74) is 0.774. The lowest BCUT2D eigenvalue weighted by atomic mass is 10.1. The first-order valence-electron chi connectivity index (χ1n) is 8.23. The van der Waals surface area contributed by atoms with E-state index in [0.29, 0.717) is 6.54 Å². The lowest BCUT2D eigenvalue weighted by molar-refractivity contribution is -0.116. The van der Waals surface area contributed by atoms with Gasteiger partial charge in [-0.15, -0.1) is 0 Å². The van der Waals surface area contributed by atoms with Crippen LogP contribution >= 0.6 is 0 Å². The van der Waals surface area contributed by atoms with Gasteiger partial charge in [-0.05, 0) is 56.8 Å². The first kappa shape index (κ1) is 18.6. The number of sulfonamides is 1. The molecule has 0 atom stereocenters. The molecule has 2 N–H and O–H groups in total. The maximum absolute atomic E-state index is 11.8. The number of carbonyl (C=O) groups is 1. The molecular weight excluding hydrogens is 326 g/mol. The van der Waals surface area contributed by atoms with Crippen molar-refractivity contribution in [1.29, 1.82) is 0 Å². The van der Waals surface area contributed by atoms with E-state index in [1.54, 1.807) is 18.2 Å². The second-order valence-electron chi connectivity index (χ2n) is 5.80. The molecule has 24 heavy (non-hydrogen) atoms. The van der Waals surface area contributed by atoms with Crippen LogP contribution in [-0.2, 0) is 14.8 Å². The molecule has 132 valence electrons. The number of hydrogen-bond donors (Lipinski definition) is 2. The number of hydrogen-bond acceptors (Lipinski definition) is 4. The first-order valence-corrected chi connectivity index (χ1v) is 9.71. The van der Waals surface area contributed by atoms with E-state index in [4.69, 9.17) is 0 Å². The van der Waals surface area contributed by atoms with Crippen molar-refractivity contribution in [3.05, 3.63) is 35.9 Å². The molecule has 7 heteroatoms. The van der Waals surface area contributed by atoms with E-state index in [9.17, 15) is 13.2 Å². The molecule has 0 aromatic heterocycles. The summed E-state index contributed by atoms with van der Waals surface area (Å²) in [7, 11) is -2.05. The summed E-state index contributed by atoms with van der Waals surface area (Å²) in [5.74, 6) is -0.140. The zero-order valence-electron chi connectivity index (χ0n) is 14.0. The molecule has 0 unspecified atom stereocenters. The van der Waals surface area contributed by atoms with Crippen molar-refractivity contribution in [3.8, 4) is 0 Å². The number of piperidine rings is 1. The van der Waals surface area contributed by atoms with Crippen molar-refractivity contribution in [3.63, 3.8) is 0 Å². The van der Waals surface area contributed by atoms with Crippen molar-refractivity contribution < 1.29 is 13.2 Å². The highest BCUT2D eigenvalue weighted by atomic mass is 32.2. The highest BCUT2D eigenvalue weighted by Crippen LogP contribution is 2.11. The Morgan fingerprint density at radius 3 is 2.46 bits per heavy atom. The van der Waals surface area contributed by atoms with Crippen molar-refractivity contribution >= 4 is 22.0 Å². The Bertz CT molecular complexity index is 663. The van der Waals surface area contributed by atoms with Crippen LogP contribution in [0.2, 0.25) is 0 Å². The molecule has 6 nitrogen and oxygen atoms in total. The van der Waals surface area contributed by atoms with Crippen LogP contribution in [0.5, 0.6) is 0 Å². The molecule has 1 saturated heterocycles. The zero-order chi connectivity index (χ0) is 17.4. The lowest BCUT2D eigenvalue weighted by Gasteiger charge is -2.26. The maximum atomic E-state index is 11.8. The van der Waals surface area contributed by atoms with Crippen molar-refractivity contribution in [1.82, 2.24) is 14.9 Å². The Morgan fingerprint density at radius 2 is 1.83 bits per heavy atom. The molecule has 0 bridgehead atoms. The largest absolute Gasteiger partial charge is 0.351 e. The average molecular weight is 351 g/mol. The van der Waals surface area contributed by atoms with Gasteiger partial charge in [-0.2, -0.15) is 0 Å². The minimum atomic E-state index is -3.43. The van der Waals surface area contributed by atoms with Crippen LogP contribution in [0.4, 0.5) is 0 Å². The Hall–Kier alpha value is -1.70. The fourth-order valence-electron chi connectivity index (χ4n) is 2.63.